The van der Waals surface area contributed by atoms with E-state index >= 15 is 0 Å². The van der Waals surface area contributed by atoms with Crippen LogP contribution in [0.5, 0.6) is 11.5 Å². The maximum atomic E-state index is 12.5. The van der Waals surface area contributed by atoms with Crippen molar-refractivity contribution in [1.29, 1.82) is 0 Å². The van der Waals surface area contributed by atoms with Crippen molar-refractivity contribution in [2.75, 3.05) is 28.3 Å². The number of rotatable bonds is 7. The molecule has 0 saturated carbocycles. The second-order valence-corrected chi connectivity index (χ2v) is 8.17. The lowest BCUT2D eigenvalue weighted by Gasteiger charge is -2.14. The number of nitrogens with zero attached hydrogens (tertiary/aromatic N) is 1. The topological polar surface area (TPSA) is 82.1 Å². The van der Waals surface area contributed by atoms with Crippen molar-refractivity contribution in [3.05, 3.63) is 53.1 Å². The molecule has 0 aliphatic heterocycles. The predicted molar refractivity (Wildman–Crippen MR) is 101 cm³/mol. The zero-order valence-corrected chi connectivity index (χ0v) is 16.8. The average Bonchev–Trinajstić information content (AvgIpc) is 2.65. The fourth-order valence-electron chi connectivity index (χ4n) is 2.41. The van der Waals surface area contributed by atoms with E-state index < -0.39 is 16.0 Å². The van der Waals surface area contributed by atoms with Crippen molar-refractivity contribution in [3.63, 3.8) is 0 Å². The summed E-state index contributed by atoms with van der Waals surface area (Å²) in [5.74, 6) is 0.551. The fraction of sp³-hybridized carbons (Fsp3) is 0.316. The Balaban J connectivity index is 2.27. The third-order valence-electron chi connectivity index (χ3n) is 4.05. The SMILES string of the molecule is COc1ccc(OC)c(COC(=O)c2cc(S(=O)(=O)N(C)C)ccc2C)c1. The number of aryl methyl sites for hydroxylation is 1. The largest absolute Gasteiger partial charge is 0.497 e. The van der Waals surface area contributed by atoms with Crippen LogP contribution in [0, 0.1) is 6.92 Å². The number of hydrogen-bond donors (Lipinski definition) is 0. The first kappa shape index (κ1) is 20.7. The Labute approximate surface area is 159 Å². The number of carbonyl (C=O) groups is 1. The van der Waals surface area contributed by atoms with Gasteiger partial charge in [-0.1, -0.05) is 6.07 Å². The standard InChI is InChI=1S/C19H23NO6S/c1-13-6-8-16(27(22,23)20(2)3)11-17(13)19(21)26-12-14-10-15(24-4)7-9-18(14)25-5/h6-11H,12H2,1-5H3. The lowest BCUT2D eigenvalue weighted by Crippen LogP contribution is -2.22. The minimum Gasteiger partial charge on any atom is -0.497 e. The van der Waals surface area contributed by atoms with Crippen LogP contribution in [0.3, 0.4) is 0 Å². The first-order valence-electron chi connectivity index (χ1n) is 8.12. The summed E-state index contributed by atoms with van der Waals surface area (Å²) in [5.41, 5.74) is 1.45. The Morgan fingerprint density at radius 2 is 1.74 bits per heavy atom. The van der Waals surface area contributed by atoms with Gasteiger partial charge in [-0.05, 0) is 42.8 Å². The van der Waals surface area contributed by atoms with Crippen molar-refractivity contribution >= 4 is 16.0 Å². The highest BCUT2D eigenvalue weighted by molar-refractivity contribution is 7.89. The molecule has 2 rings (SSSR count). The minimum absolute atomic E-state index is 0.0315. The lowest BCUT2D eigenvalue weighted by atomic mass is 10.1. The molecule has 0 amide bonds. The predicted octanol–water partition coefficient (Wildman–Crippen LogP) is 2.62. The Kier molecular flexibility index (Phi) is 6.45. The molecule has 0 heterocycles. The number of benzene rings is 2. The molecule has 0 aromatic heterocycles. The van der Waals surface area contributed by atoms with Gasteiger partial charge in [-0.25, -0.2) is 17.5 Å². The Hall–Kier alpha value is -2.58. The number of methoxy groups -OCH3 is 2. The molecule has 146 valence electrons. The summed E-state index contributed by atoms with van der Waals surface area (Å²) in [6, 6.07) is 9.55. The summed E-state index contributed by atoms with van der Waals surface area (Å²) >= 11 is 0. The molecule has 8 heteroatoms. The van der Waals surface area contributed by atoms with Crippen LogP contribution in [0.4, 0.5) is 0 Å². The van der Waals surface area contributed by atoms with Gasteiger partial charge < -0.3 is 14.2 Å². The monoisotopic (exact) mass is 393 g/mol. The molecule has 2 aromatic carbocycles. The van der Waals surface area contributed by atoms with E-state index in [0.29, 0.717) is 22.6 Å². The number of sulfonamides is 1. The molecular formula is C19H23NO6S. The maximum Gasteiger partial charge on any atom is 0.338 e. The van der Waals surface area contributed by atoms with Gasteiger partial charge in [0.2, 0.25) is 10.0 Å². The molecule has 0 N–H and O–H groups in total. The number of ether oxygens (including phenoxy) is 3. The van der Waals surface area contributed by atoms with Crippen molar-refractivity contribution in [2.45, 2.75) is 18.4 Å². The number of hydrogen-bond acceptors (Lipinski definition) is 6. The van der Waals surface area contributed by atoms with Crippen molar-refractivity contribution in [1.82, 2.24) is 4.31 Å². The molecule has 0 atom stereocenters. The molecule has 2 aromatic rings. The molecular weight excluding hydrogens is 370 g/mol. The highest BCUT2D eigenvalue weighted by Crippen LogP contribution is 2.25. The molecule has 0 unspecified atom stereocenters. The fourth-order valence-corrected chi connectivity index (χ4v) is 3.34. The van der Waals surface area contributed by atoms with Gasteiger partial charge in [0.15, 0.2) is 0 Å². The van der Waals surface area contributed by atoms with Crippen LogP contribution in [-0.4, -0.2) is 47.0 Å². The van der Waals surface area contributed by atoms with Gasteiger partial charge >= 0.3 is 5.97 Å². The summed E-state index contributed by atoms with van der Waals surface area (Å²) in [4.78, 5) is 12.6. The van der Waals surface area contributed by atoms with Crippen molar-refractivity contribution < 1.29 is 27.4 Å². The lowest BCUT2D eigenvalue weighted by molar-refractivity contribution is 0.0468. The zero-order chi connectivity index (χ0) is 20.2. The summed E-state index contributed by atoms with van der Waals surface area (Å²) in [6.07, 6.45) is 0. The normalized spacial score (nSPS) is 11.3. The van der Waals surface area contributed by atoms with Gasteiger partial charge in [-0.2, -0.15) is 0 Å². The third-order valence-corrected chi connectivity index (χ3v) is 5.86. The summed E-state index contributed by atoms with van der Waals surface area (Å²) < 4.78 is 41.5. The van der Waals surface area contributed by atoms with Crippen LogP contribution in [-0.2, 0) is 21.4 Å². The van der Waals surface area contributed by atoms with E-state index in [2.05, 4.69) is 0 Å². The Morgan fingerprint density at radius 3 is 2.33 bits per heavy atom. The number of carbonyl (C=O) groups excluding carboxylic acids is 1. The van der Waals surface area contributed by atoms with Gasteiger partial charge in [-0.15, -0.1) is 0 Å². The van der Waals surface area contributed by atoms with Crippen LogP contribution < -0.4 is 9.47 Å². The molecule has 0 spiro atoms. The van der Waals surface area contributed by atoms with Crippen molar-refractivity contribution in [2.24, 2.45) is 0 Å². The Bertz CT molecular complexity index is 937. The molecule has 0 fully saturated rings. The van der Waals surface area contributed by atoms with E-state index in [1.807, 2.05) is 0 Å². The minimum atomic E-state index is -3.65. The van der Waals surface area contributed by atoms with Gasteiger partial charge in [0.1, 0.15) is 18.1 Å². The second-order valence-electron chi connectivity index (χ2n) is 6.02. The molecule has 27 heavy (non-hydrogen) atoms. The van der Waals surface area contributed by atoms with E-state index in [4.69, 9.17) is 14.2 Å². The van der Waals surface area contributed by atoms with Crippen LogP contribution in [0.2, 0.25) is 0 Å². The van der Waals surface area contributed by atoms with E-state index in [1.54, 1.807) is 31.2 Å². The second kappa shape index (κ2) is 8.41. The molecule has 0 saturated heterocycles. The van der Waals surface area contributed by atoms with E-state index in [-0.39, 0.29) is 17.1 Å². The molecule has 0 radical (unpaired) electrons. The summed E-state index contributed by atoms with van der Waals surface area (Å²) in [7, 11) is 2.28. The zero-order valence-electron chi connectivity index (χ0n) is 16.0. The quantitative estimate of drug-likeness (QED) is 0.673. The smallest absolute Gasteiger partial charge is 0.338 e. The highest BCUT2D eigenvalue weighted by Gasteiger charge is 2.21. The molecule has 0 bridgehead atoms. The average molecular weight is 393 g/mol. The van der Waals surface area contributed by atoms with Crippen LogP contribution in [0.25, 0.3) is 0 Å². The number of esters is 1. The van der Waals surface area contributed by atoms with Crippen LogP contribution >= 0.6 is 0 Å². The van der Waals surface area contributed by atoms with Gasteiger partial charge in [0.05, 0.1) is 24.7 Å². The van der Waals surface area contributed by atoms with Crippen LogP contribution in [0.1, 0.15) is 21.5 Å². The van der Waals surface area contributed by atoms with Crippen LogP contribution in [0.15, 0.2) is 41.3 Å². The van der Waals surface area contributed by atoms with Gasteiger partial charge in [0.25, 0.3) is 0 Å². The maximum absolute atomic E-state index is 12.5. The summed E-state index contributed by atoms with van der Waals surface area (Å²) in [6.45, 7) is 1.68. The first-order chi connectivity index (χ1) is 12.7. The Morgan fingerprint density at radius 1 is 1.04 bits per heavy atom. The molecule has 0 aliphatic rings. The summed E-state index contributed by atoms with van der Waals surface area (Å²) in [5, 5.41) is 0. The highest BCUT2D eigenvalue weighted by atomic mass is 32.2. The van der Waals surface area contributed by atoms with Gasteiger partial charge in [0, 0.05) is 19.7 Å². The first-order valence-corrected chi connectivity index (χ1v) is 9.56. The van der Waals surface area contributed by atoms with E-state index in [0.717, 1.165) is 4.31 Å². The van der Waals surface area contributed by atoms with E-state index in [9.17, 15) is 13.2 Å². The molecule has 0 aliphatic carbocycles. The van der Waals surface area contributed by atoms with E-state index in [1.165, 1.54) is 40.4 Å². The van der Waals surface area contributed by atoms with Gasteiger partial charge in [-0.3, -0.25) is 0 Å². The third kappa shape index (κ3) is 4.58. The van der Waals surface area contributed by atoms with Crippen molar-refractivity contribution in [3.8, 4) is 11.5 Å². The molecule has 7 nitrogen and oxygen atoms in total.